The molecule has 12 heteroatoms. The third-order valence-electron chi connectivity index (χ3n) is 5.30. The van der Waals surface area contributed by atoms with Crippen LogP contribution in [0.15, 0.2) is 41.3 Å². The van der Waals surface area contributed by atoms with Gasteiger partial charge < -0.3 is 15.4 Å². The molecule has 0 spiro atoms. The normalized spacial score (nSPS) is 15.5. The van der Waals surface area contributed by atoms with E-state index in [1.54, 1.807) is 4.90 Å². The van der Waals surface area contributed by atoms with E-state index in [2.05, 4.69) is 4.72 Å². The predicted molar refractivity (Wildman–Crippen MR) is 116 cm³/mol. The van der Waals surface area contributed by atoms with Crippen molar-refractivity contribution in [2.45, 2.75) is 29.8 Å². The Morgan fingerprint density at radius 2 is 1.88 bits per heavy atom. The van der Waals surface area contributed by atoms with Crippen LogP contribution in [0.5, 0.6) is 5.75 Å². The number of alkyl halides is 3. The second kappa shape index (κ2) is 9.07. The molecule has 174 valence electrons. The van der Waals surface area contributed by atoms with Crippen molar-refractivity contribution in [3.63, 3.8) is 0 Å². The van der Waals surface area contributed by atoms with Crippen LogP contribution in [0.2, 0.25) is 5.02 Å². The number of halogens is 4. The molecule has 32 heavy (non-hydrogen) atoms. The van der Waals surface area contributed by atoms with E-state index in [-0.39, 0.29) is 38.8 Å². The van der Waals surface area contributed by atoms with E-state index in [0.717, 1.165) is 6.07 Å². The Bertz CT molecular complexity index is 1120. The minimum absolute atomic E-state index is 0.00917. The topological polar surface area (TPSA) is 109 Å². The second-order valence-electron chi connectivity index (χ2n) is 7.33. The quantitative estimate of drug-likeness (QED) is 0.429. The molecule has 0 amide bonds. The highest BCUT2D eigenvalue weighted by molar-refractivity contribution is 7.92. The lowest BCUT2D eigenvalue weighted by atomic mass is 9.87. The Labute approximate surface area is 188 Å². The summed E-state index contributed by atoms with van der Waals surface area (Å²) in [5, 5.41) is 7.46. The van der Waals surface area contributed by atoms with Gasteiger partial charge in [0.05, 0.1) is 23.4 Å². The molecule has 7 nitrogen and oxygen atoms in total. The van der Waals surface area contributed by atoms with E-state index in [4.69, 9.17) is 27.5 Å². The molecular weight excluding hydrogens is 469 g/mol. The van der Waals surface area contributed by atoms with Crippen molar-refractivity contribution in [2.24, 2.45) is 5.73 Å². The highest BCUT2D eigenvalue weighted by Gasteiger charge is 2.35. The number of benzene rings is 2. The maximum Gasteiger partial charge on any atom is 0.416 e. The smallest absolute Gasteiger partial charge is 0.416 e. The summed E-state index contributed by atoms with van der Waals surface area (Å²) >= 11 is 5.98. The molecule has 0 atom stereocenters. The zero-order chi connectivity index (χ0) is 23.7. The Morgan fingerprint density at radius 1 is 1.25 bits per heavy atom. The van der Waals surface area contributed by atoms with Crippen LogP contribution < -0.4 is 15.2 Å². The number of hydrogen-bond donors (Lipinski definition) is 3. The van der Waals surface area contributed by atoms with Crippen molar-refractivity contribution in [1.82, 2.24) is 4.90 Å². The van der Waals surface area contributed by atoms with E-state index in [1.165, 1.54) is 31.4 Å². The van der Waals surface area contributed by atoms with Gasteiger partial charge in [-0.2, -0.15) is 13.2 Å². The highest BCUT2D eigenvalue weighted by atomic mass is 35.5. The van der Waals surface area contributed by atoms with Crippen molar-refractivity contribution in [3.05, 3.63) is 52.5 Å². The Balaban J connectivity index is 2.07. The summed E-state index contributed by atoms with van der Waals surface area (Å²) < 4.78 is 74.3. The zero-order valence-electron chi connectivity index (χ0n) is 17.0. The molecule has 2 aromatic rings. The van der Waals surface area contributed by atoms with E-state index in [0.29, 0.717) is 32.0 Å². The number of ether oxygens (including phenoxy) is 1. The lowest BCUT2D eigenvalue weighted by Crippen LogP contribution is -2.41. The van der Waals surface area contributed by atoms with Gasteiger partial charge in [-0.25, -0.2) is 8.42 Å². The number of methoxy groups -OCH3 is 1. The van der Waals surface area contributed by atoms with E-state index in [9.17, 15) is 21.6 Å². The number of likely N-dealkylation sites (tertiary alicyclic amines) is 1. The summed E-state index contributed by atoms with van der Waals surface area (Å²) in [6, 6.07) is 7.31. The fourth-order valence-corrected chi connectivity index (χ4v) is 5.29. The third-order valence-corrected chi connectivity index (χ3v) is 7.16. The minimum Gasteiger partial charge on any atom is -0.494 e. The van der Waals surface area contributed by atoms with Gasteiger partial charge in [-0.05, 0) is 43.0 Å². The van der Waals surface area contributed by atoms with Crippen LogP contribution in [0.25, 0.3) is 0 Å². The van der Waals surface area contributed by atoms with E-state index >= 15 is 0 Å². The van der Waals surface area contributed by atoms with Crippen molar-refractivity contribution >= 4 is 33.3 Å². The number of piperidine rings is 1. The Hall–Kier alpha value is -2.66. The lowest BCUT2D eigenvalue weighted by molar-refractivity contribution is -0.137. The molecule has 3 rings (SSSR count). The van der Waals surface area contributed by atoms with Crippen LogP contribution >= 0.6 is 11.6 Å². The second-order valence-corrected chi connectivity index (χ2v) is 9.38. The first kappa shape index (κ1) is 24.0. The number of nitrogens with zero attached hydrogens (tertiary/aromatic N) is 1. The molecule has 1 saturated heterocycles. The molecule has 1 fully saturated rings. The van der Waals surface area contributed by atoms with Gasteiger partial charge in [-0.15, -0.1) is 0 Å². The van der Waals surface area contributed by atoms with Gasteiger partial charge in [0.1, 0.15) is 10.6 Å². The zero-order valence-corrected chi connectivity index (χ0v) is 18.6. The minimum atomic E-state index is -4.70. The first-order chi connectivity index (χ1) is 14.9. The van der Waals surface area contributed by atoms with Crippen LogP contribution in [0.4, 0.5) is 18.9 Å². The highest BCUT2D eigenvalue weighted by Crippen LogP contribution is 2.44. The van der Waals surface area contributed by atoms with Crippen LogP contribution in [0.3, 0.4) is 0 Å². The van der Waals surface area contributed by atoms with Gasteiger partial charge in [-0.3, -0.25) is 10.1 Å². The molecule has 4 N–H and O–H groups in total. The fourth-order valence-electron chi connectivity index (χ4n) is 3.72. The molecular formula is C20H22ClF3N4O3S. The van der Waals surface area contributed by atoms with Gasteiger partial charge in [0.15, 0.2) is 5.96 Å². The number of hydrogen-bond acceptors (Lipinski definition) is 4. The summed E-state index contributed by atoms with van der Waals surface area (Å²) in [4.78, 5) is 1.36. The van der Waals surface area contributed by atoms with E-state index < -0.39 is 21.8 Å². The van der Waals surface area contributed by atoms with Gasteiger partial charge in [0.2, 0.25) is 0 Å². The molecule has 0 aliphatic carbocycles. The molecule has 0 radical (unpaired) electrons. The monoisotopic (exact) mass is 490 g/mol. The number of nitrogens with one attached hydrogen (secondary N) is 2. The standard InChI is InChI=1S/C20H22ClF3N4O3S/c1-31-18-14(12-6-8-28(9-7-12)19(25)26)10-13(20(22,23)24)11-16(18)27-32(29,30)17-5-3-2-4-15(17)21/h2-5,10-12,27H,6-9H2,1H3,(H3,25,26). The van der Waals surface area contributed by atoms with Gasteiger partial charge >= 0.3 is 6.18 Å². The molecule has 0 bridgehead atoms. The average Bonchev–Trinajstić information content (AvgIpc) is 2.72. The lowest BCUT2D eigenvalue weighted by Gasteiger charge is -2.33. The number of rotatable bonds is 5. The number of sulfonamides is 1. The molecule has 1 heterocycles. The van der Waals surface area contributed by atoms with Crippen molar-refractivity contribution in [2.75, 3.05) is 24.9 Å². The maximum absolute atomic E-state index is 13.6. The Kier molecular flexibility index (Phi) is 6.80. The van der Waals surface area contributed by atoms with Gasteiger partial charge in [0, 0.05) is 18.7 Å². The Morgan fingerprint density at radius 3 is 2.41 bits per heavy atom. The molecule has 1 aliphatic heterocycles. The molecule has 0 unspecified atom stereocenters. The molecule has 1 aliphatic rings. The summed E-state index contributed by atoms with van der Waals surface area (Å²) in [7, 11) is -3.02. The predicted octanol–water partition coefficient (Wildman–Crippen LogP) is 4.24. The number of nitrogens with two attached hydrogens (primary N) is 1. The first-order valence-corrected chi connectivity index (χ1v) is 11.5. The summed E-state index contributed by atoms with van der Waals surface area (Å²) in [5.41, 5.74) is 4.41. The third kappa shape index (κ3) is 5.04. The van der Waals surface area contributed by atoms with Crippen LogP contribution in [0.1, 0.15) is 29.9 Å². The maximum atomic E-state index is 13.6. The van der Waals surface area contributed by atoms with Crippen LogP contribution in [-0.2, 0) is 16.2 Å². The van der Waals surface area contributed by atoms with Crippen molar-refractivity contribution in [1.29, 1.82) is 5.41 Å². The van der Waals surface area contributed by atoms with Gasteiger partial charge in [-0.1, -0.05) is 23.7 Å². The average molecular weight is 491 g/mol. The van der Waals surface area contributed by atoms with E-state index in [1.807, 2.05) is 0 Å². The van der Waals surface area contributed by atoms with Crippen LogP contribution in [-0.4, -0.2) is 39.5 Å². The first-order valence-electron chi connectivity index (χ1n) is 9.59. The van der Waals surface area contributed by atoms with Gasteiger partial charge in [0.25, 0.3) is 10.0 Å². The number of guanidine groups is 1. The largest absolute Gasteiger partial charge is 0.494 e. The fraction of sp³-hybridized carbons (Fsp3) is 0.350. The van der Waals surface area contributed by atoms with Crippen molar-refractivity contribution < 1.29 is 26.3 Å². The van der Waals surface area contributed by atoms with Crippen LogP contribution in [0, 0.1) is 5.41 Å². The summed E-state index contributed by atoms with van der Waals surface area (Å²) in [6.45, 7) is 0.778. The number of anilines is 1. The SMILES string of the molecule is COc1c(NS(=O)(=O)c2ccccc2Cl)cc(C(F)(F)F)cc1C1CCN(C(=N)N)CC1. The molecule has 2 aromatic carbocycles. The van der Waals surface area contributed by atoms with Crippen molar-refractivity contribution in [3.8, 4) is 5.75 Å². The molecule has 0 saturated carbocycles. The molecule has 0 aromatic heterocycles. The summed E-state index contributed by atoms with van der Waals surface area (Å²) in [5.74, 6) is -0.436. The summed E-state index contributed by atoms with van der Waals surface area (Å²) in [6.07, 6.45) is -3.85.